The van der Waals surface area contributed by atoms with E-state index in [2.05, 4.69) is 133 Å². The summed E-state index contributed by atoms with van der Waals surface area (Å²) in [4.78, 5) is 4.83. The van der Waals surface area contributed by atoms with Gasteiger partial charge in [0.05, 0.1) is 11.1 Å². The highest BCUT2D eigenvalue weighted by Crippen LogP contribution is 2.63. The van der Waals surface area contributed by atoms with Crippen LogP contribution >= 0.6 is 0 Å². The number of rotatable bonds is 2. The number of para-hydroxylation sites is 2. The zero-order chi connectivity index (χ0) is 27.7. The van der Waals surface area contributed by atoms with Gasteiger partial charge in [0.25, 0.3) is 0 Å². The maximum absolute atomic E-state index is 6.97. The molecule has 0 amide bonds. The van der Waals surface area contributed by atoms with Gasteiger partial charge in [-0.05, 0) is 51.9 Å². The van der Waals surface area contributed by atoms with Crippen molar-refractivity contribution in [2.45, 2.75) is 17.8 Å². The van der Waals surface area contributed by atoms with Crippen LogP contribution in [0.25, 0.3) is 28.5 Å². The maximum Gasteiger partial charge on any atom is 0.136 e. The predicted octanol–water partition coefficient (Wildman–Crippen LogP) is 9.77. The minimum atomic E-state index is -0.450. The Balaban J connectivity index is 1.31. The van der Waals surface area contributed by atoms with Crippen LogP contribution in [0, 0.1) is 0 Å². The van der Waals surface area contributed by atoms with E-state index in [4.69, 9.17) is 9.72 Å². The summed E-state index contributed by atoms with van der Waals surface area (Å²) >= 11 is 0. The molecule has 0 saturated heterocycles. The molecule has 1 unspecified atom stereocenters. The zero-order valence-corrected chi connectivity index (χ0v) is 23.0. The third-order valence-electron chi connectivity index (χ3n) is 9.36. The highest BCUT2D eigenvalue weighted by atomic mass is 16.5. The molecule has 0 fully saturated rings. The summed E-state index contributed by atoms with van der Waals surface area (Å²) in [6, 6.07) is 45.9. The molecule has 0 N–H and O–H groups in total. The van der Waals surface area contributed by atoms with Crippen LogP contribution in [-0.4, -0.2) is 4.98 Å². The number of hydrogen-bond acceptors (Lipinski definition) is 2. The lowest BCUT2D eigenvalue weighted by Crippen LogP contribution is -2.32. The van der Waals surface area contributed by atoms with Gasteiger partial charge in [-0.3, -0.25) is 4.98 Å². The molecule has 1 aliphatic heterocycles. The van der Waals surface area contributed by atoms with E-state index in [0.717, 1.165) is 29.2 Å². The quantitative estimate of drug-likeness (QED) is 0.219. The number of pyridine rings is 1. The Morgan fingerprint density at radius 3 is 2.07 bits per heavy atom. The normalized spacial score (nSPS) is 16.5. The van der Waals surface area contributed by atoms with E-state index in [1.165, 1.54) is 50.1 Å². The first-order chi connectivity index (χ1) is 20.8. The second kappa shape index (κ2) is 8.89. The van der Waals surface area contributed by atoms with Gasteiger partial charge in [0.15, 0.2) is 0 Å². The third-order valence-corrected chi connectivity index (χ3v) is 9.36. The maximum atomic E-state index is 6.97. The molecule has 1 spiro atoms. The molecule has 2 heterocycles. The van der Waals surface area contributed by atoms with Gasteiger partial charge in [-0.25, -0.2) is 0 Å². The molecule has 2 nitrogen and oxygen atoms in total. The Labute approximate surface area is 245 Å². The molecule has 42 heavy (non-hydrogen) atoms. The number of fused-ring (bicyclic) bond motifs is 10. The van der Waals surface area contributed by atoms with E-state index < -0.39 is 5.41 Å². The van der Waals surface area contributed by atoms with Crippen LogP contribution in [0.3, 0.4) is 0 Å². The van der Waals surface area contributed by atoms with Gasteiger partial charge >= 0.3 is 0 Å². The largest absolute Gasteiger partial charge is 0.456 e. The number of allylic oxidation sites excluding steroid dienone is 1. The summed E-state index contributed by atoms with van der Waals surface area (Å²) in [6.45, 7) is 0. The molecule has 6 aromatic rings. The summed E-state index contributed by atoms with van der Waals surface area (Å²) in [5, 5.41) is 0. The highest BCUT2D eigenvalue weighted by molar-refractivity contribution is 5.88. The Morgan fingerprint density at radius 1 is 0.619 bits per heavy atom. The third kappa shape index (κ3) is 3.12. The van der Waals surface area contributed by atoms with Crippen LogP contribution < -0.4 is 4.74 Å². The van der Waals surface area contributed by atoms with E-state index in [-0.39, 0.29) is 5.92 Å². The zero-order valence-electron chi connectivity index (χ0n) is 23.0. The lowest BCUT2D eigenvalue weighted by molar-refractivity contribution is 0.428. The average molecular weight is 538 g/mol. The second-order valence-electron chi connectivity index (χ2n) is 11.4. The molecule has 5 aromatic carbocycles. The molecule has 2 heteroatoms. The van der Waals surface area contributed by atoms with Crippen molar-refractivity contribution in [3.8, 4) is 33.9 Å². The van der Waals surface area contributed by atoms with Gasteiger partial charge in [0, 0.05) is 34.4 Å². The fraction of sp³-hybridized carbons (Fsp3) is 0.0750. The summed E-state index contributed by atoms with van der Waals surface area (Å²) in [6.07, 6.45) is 7.43. The van der Waals surface area contributed by atoms with E-state index in [1.807, 2.05) is 12.3 Å². The van der Waals surface area contributed by atoms with Crippen LogP contribution in [-0.2, 0) is 5.41 Å². The first-order valence-electron chi connectivity index (χ1n) is 14.7. The summed E-state index contributed by atoms with van der Waals surface area (Å²) in [7, 11) is 0. The van der Waals surface area contributed by atoms with Gasteiger partial charge < -0.3 is 4.74 Å². The Kier molecular flexibility index (Phi) is 4.97. The Hall–Kier alpha value is -5.21. The van der Waals surface area contributed by atoms with Gasteiger partial charge in [-0.1, -0.05) is 127 Å². The van der Waals surface area contributed by atoms with Crippen LogP contribution in [0.4, 0.5) is 0 Å². The van der Waals surface area contributed by atoms with Gasteiger partial charge in [-0.2, -0.15) is 0 Å². The van der Waals surface area contributed by atoms with Crippen molar-refractivity contribution >= 4 is 6.08 Å². The fourth-order valence-corrected chi connectivity index (χ4v) is 7.62. The molecule has 198 valence electrons. The SMILES string of the molecule is C1=Cc2cnc(-c3ccccc3)cc2C(c2cccc3c2Oc2ccccc2C32c3ccccc3-c3ccccc32)C1. The lowest BCUT2D eigenvalue weighted by Gasteiger charge is -2.40. The number of aromatic nitrogens is 1. The first kappa shape index (κ1) is 23.5. The smallest absolute Gasteiger partial charge is 0.136 e. The standard InChI is InChI=1S/C40H27NO/c1-2-12-26(13-3-1)37-24-32-27(25-41-37)14-10-17-28(32)31-18-11-22-36-39(31)42-38-23-9-8-21-35(38)40(36)33-19-6-4-15-29(33)30-16-5-7-20-34(30)40/h1-16,18-25,28H,17H2. The molecule has 9 rings (SSSR count). The Bertz CT molecular complexity index is 2010. The highest BCUT2D eigenvalue weighted by Gasteiger charge is 2.51. The van der Waals surface area contributed by atoms with Crippen molar-refractivity contribution < 1.29 is 4.74 Å². The molecule has 0 radical (unpaired) electrons. The van der Waals surface area contributed by atoms with Crippen LogP contribution in [0.5, 0.6) is 11.5 Å². The van der Waals surface area contributed by atoms with E-state index >= 15 is 0 Å². The fourth-order valence-electron chi connectivity index (χ4n) is 7.62. The number of hydrogen-bond donors (Lipinski definition) is 0. The molecule has 1 atom stereocenters. The number of nitrogens with zero attached hydrogens (tertiary/aromatic N) is 1. The van der Waals surface area contributed by atoms with Crippen molar-refractivity contribution in [1.29, 1.82) is 0 Å². The molecular weight excluding hydrogens is 510 g/mol. The predicted molar refractivity (Wildman–Crippen MR) is 169 cm³/mol. The minimum absolute atomic E-state index is 0.152. The van der Waals surface area contributed by atoms with Crippen molar-refractivity contribution in [3.63, 3.8) is 0 Å². The molecular formula is C40H27NO. The second-order valence-corrected chi connectivity index (χ2v) is 11.4. The van der Waals surface area contributed by atoms with Gasteiger partial charge in [0.1, 0.15) is 11.5 Å². The van der Waals surface area contributed by atoms with Gasteiger partial charge in [0.2, 0.25) is 0 Å². The molecule has 2 aliphatic carbocycles. The molecule has 0 bridgehead atoms. The van der Waals surface area contributed by atoms with E-state index in [1.54, 1.807) is 0 Å². The first-order valence-corrected chi connectivity index (χ1v) is 14.7. The van der Waals surface area contributed by atoms with Crippen molar-refractivity contribution in [3.05, 3.63) is 179 Å². The summed E-state index contributed by atoms with van der Waals surface area (Å²) < 4.78 is 6.97. The number of benzene rings is 5. The van der Waals surface area contributed by atoms with Crippen molar-refractivity contribution in [2.75, 3.05) is 0 Å². The van der Waals surface area contributed by atoms with E-state index in [9.17, 15) is 0 Å². The summed E-state index contributed by atoms with van der Waals surface area (Å²) in [5.74, 6) is 2.06. The minimum Gasteiger partial charge on any atom is -0.456 e. The van der Waals surface area contributed by atoms with Crippen molar-refractivity contribution in [1.82, 2.24) is 4.98 Å². The Morgan fingerprint density at radius 2 is 1.29 bits per heavy atom. The van der Waals surface area contributed by atoms with E-state index in [0.29, 0.717) is 0 Å². The van der Waals surface area contributed by atoms with Crippen molar-refractivity contribution in [2.24, 2.45) is 0 Å². The molecule has 1 aromatic heterocycles. The number of ether oxygens (including phenoxy) is 1. The van der Waals surface area contributed by atoms with Gasteiger partial charge in [-0.15, -0.1) is 0 Å². The monoisotopic (exact) mass is 537 g/mol. The van der Waals surface area contributed by atoms with Crippen LogP contribution in [0.15, 0.2) is 140 Å². The molecule has 3 aliphatic rings. The summed E-state index contributed by atoms with van der Waals surface area (Å²) in [5.41, 5.74) is 13.0. The molecule has 0 saturated carbocycles. The van der Waals surface area contributed by atoms with Crippen LogP contribution in [0.2, 0.25) is 0 Å². The topological polar surface area (TPSA) is 22.1 Å². The van der Waals surface area contributed by atoms with Crippen LogP contribution in [0.1, 0.15) is 51.3 Å². The average Bonchev–Trinajstić information content (AvgIpc) is 3.35. The lowest BCUT2D eigenvalue weighted by atomic mass is 9.65.